The molecule has 21 heavy (non-hydrogen) atoms. The maximum Gasteiger partial charge on any atom is 0.120 e. The fourth-order valence-corrected chi connectivity index (χ4v) is 2.42. The number of hydrogen-bond donors (Lipinski definition) is 2. The molecule has 0 aromatic heterocycles. The Kier molecular flexibility index (Phi) is 5.23. The number of methoxy groups -OCH3 is 1. The van der Waals surface area contributed by atoms with Gasteiger partial charge in [0.2, 0.25) is 0 Å². The van der Waals surface area contributed by atoms with Crippen LogP contribution in [0.15, 0.2) is 42.5 Å². The number of phenols is 1. The molecule has 2 N–H and O–H groups in total. The van der Waals surface area contributed by atoms with Gasteiger partial charge >= 0.3 is 0 Å². The standard InChI is InChI=1S/C18H23NO2/c1-13-5-4-6-15(11-13)9-10-19-14(2)17-12-16(21-3)7-8-18(17)20/h4-8,11-12,14,19-20H,9-10H2,1-3H3. The highest BCUT2D eigenvalue weighted by atomic mass is 16.5. The number of aromatic hydroxyl groups is 1. The van der Waals surface area contributed by atoms with E-state index in [2.05, 4.69) is 36.5 Å². The average Bonchev–Trinajstić information content (AvgIpc) is 2.47. The Hall–Kier alpha value is -2.00. The molecule has 3 heteroatoms. The highest BCUT2D eigenvalue weighted by Gasteiger charge is 2.11. The Morgan fingerprint density at radius 2 is 2.00 bits per heavy atom. The van der Waals surface area contributed by atoms with Gasteiger partial charge in [0, 0.05) is 11.6 Å². The number of phenolic OH excluding ortho intramolecular Hbond substituents is 1. The van der Waals surface area contributed by atoms with Gasteiger partial charge in [0.1, 0.15) is 11.5 Å². The number of ether oxygens (including phenoxy) is 1. The first kappa shape index (κ1) is 15.4. The van der Waals surface area contributed by atoms with Crippen LogP contribution in [0.5, 0.6) is 11.5 Å². The number of hydrogen-bond acceptors (Lipinski definition) is 3. The molecule has 0 bridgehead atoms. The Labute approximate surface area is 126 Å². The van der Waals surface area contributed by atoms with Crippen molar-refractivity contribution in [2.75, 3.05) is 13.7 Å². The average molecular weight is 285 g/mol. The molecule has 0 fully saturated rings. The summed E-state index contributed by atoms with van der Waals surface area (Å²) in [6.07, 6.45) is 0.969. The first-order valence-corrected chi connectivity index (χ1v) is 7.26. The van der Waals surface area contributed by atoms with E-state index < -0.39 is 0 Å². The molecule has 112 valence electrons. The van der Waals surface area contributed by atoms with Crippen LogP contribution in [0.25, 0.3) is 0 Å². The second-order valence-corrected chi connectivity index (χ2v) is 5.34. The summed E-state index contributed by atoms with van der Waals surface area (Å²) < 4.78 is 5.21. The van der Waals surface area contributed by atoms with Crippen LogP contribution in [0.2, 0.25) is 0 Å². The van der Waals surface area contributed by atoms with Crippen molar-refractivity contribution in [2.45, 2.75) is 26.3 Å². The lowest BCUT2D eigenvalue weighted by molar-refractivity contribution is 0.407. The fourth-order valence-electron chi connectivity index (χ4n) is 2.42. The van der Waals surface area contributed by atoms with Crippen LogP contribution in [0.1, 0.15) is 29.7 Å². The highest BCUT2D eigenvalue weighted by Crippen LogP contribution is 2.28. The Morgan fingerprint density at radius 1 is 1.19 bits per heavy atom. The number of nitrogens with one attached hydrogen (secondary N) is 1. The maximum atomic E-state index is 9.96. The van der Waals surface area contributed by atoms with Gasteiger partial charge < -0.3 is 15.2 Å². The third kappa shape index (κ3) is 4.23. The summed E-state index contributed by atoms with van der Waals surface area (Å²) in [6.45, 7) is 5.01. The summed E-state index contributed by atoms with van der Waals surface area (Å²) in [5.41, 5.74) is 3.47. The van der Waals surface area contributed by atoms with Crippen LogP contribution >= 0.6 is 0 Å². The van der Waals surface area contributed by atoms with Crippen LogP contribution in [-0.2, 0) is 6.42 Å². The van der Waals surface area contributed by atoms with Crippen LogP contribution in [0.3, 0.4) is 0 Å². The van der Waals surface area contributed by atoms with Gasteiger partial charge in [-0.25, -0.2) is 0 Å². The summed E-state index contributed by atoms with van der Waals surface area (Å²) in [5.74, 6) is 1.06. The first-order chi connectivity index (χ1) is 10.1. The van der Waals surface area contributed by atoms with E-state index in [1.165, 1.54) is 11.1 Å². The summed E-state index contributed by atoms with van der Waals surface area (Å²) in [6, 6.07) is 13.9. The molecular weight excluding hydrogens is 262 g/mol. The Bertz CT molecular complexity index is 596. The lowest BCUT2D eigenvalue weighted by Crippen LogP contribution is -2.21. The molecule has 0 saturated carbocycles. The van der Waals surface area contributed by atoms with E-state index in [0.29, 0.717) is 5.75 Å². The Morgan fingerprint density at radius 3 is 2.71 bits per heavy atom. The molecule has 2 rings (SSSR count). The molecule has 2 aromatic rings. The zero-order chi connectivity index (χ0) is 15.2. The zero-order valence-corrected chi connectivity index (χ0v) is 12.9. The fraction of sp³-hybridized carbons (Fsp3) is 0.333. The van der Waals surface area contributed by atoms with Crippen LogP contribution in [0, 0.1) is 6.92 Å². The van der Waals surface area contributed by atoms with Crippen molar-refractivity contribution in [3.05, 3.63) is 59.2 Å². The maximum absolute atomic E-state index is 9.96. The third-order valence-corrected chi connectivity index (χ3v) is 3.65. The van der Waals surface area contributed by atoms with E-state index >= 15 is 0 Å². The van der Waals surface area contributed by atoms with Crippen LogP contribution in [-0.4, -0.2) is 18.8 Å². The lowest BCUT2D eigenvalue weighted by Gasteiger charge is -2.16. The molecule has 2 aromatic carbocycles. The molecule has 0 heterocycles. The van der Waals surface area contributed by atoms with Crippen molar-refractivity contribution in [1.29, 1.82) is 0 Å². The topological polar surface area (TPSA) is 41.5 Å². The SMILES string of the molecule is COc1ccc(O)c(C(C)NCCc2cccc(C)c2)c1. The second kappa shape index (κ2) is 7.14. The molecule has 3 nitrogen and oxygen atoms in total. The van der Waals surface area contributed by atoms with E-state index in [-0.39, 0.29) is 6.04 Å². The smallest absolute Gasteiger partial charge is 0.120 e. The molecule has 0 aliphatic carbocycles. The predicted molar refractivity (Wildman–Crippen MR) is 86.0 cm³/mol. The zero-order valence-electron chi connectivity index (χ0n) is 12.9. The van der Waals surface area contributed by atoms with Crippen molar-refractivity contribution in [3.8, 4) is 11.5 Å². The molecule has 0 aliphatic heterocycles. The minimum atomic E-state index is 0.0740. The first-order valence-electron chi connectivity index (χ1n) is 7.26. The molecular formula is C18H23NO2. The van der Waals surface area contributed by atoms with E-state index in [1.54, 1.807) is 19.2 Å². The van der Waals surface area contributed by atoms with Gasteiger partial charge in [0.25, 0.3) is 0 Å². The molecule has 0 saturated heterocycles. The van der Waals surface area contributed by atoms with Gasteiger partial charge in [-0.05, 0) is 50.6 Å². The number of rotatable bonds is 6. The van der Waals surface area contributed by atoms with Gasteiger partial charge in [-0.15, -0.1) is 0 Å². The van der Waals surface area contributed by atoms with E-state index in [4.69, 9.17) is 4.74 Å². The van der Waals surface area contributed by atoms with E-state index in [0.717, 1.165) is 24.3 Å². The van der Waals surface area contributed by atoms with Gasteiger partial charge in [-0.1, -0.05) is 29.8 Å². The summed E-state index contributed by atoms with van der Waals surface area (Å²) >= 11 is 0. The largest absolute Gasteiger partial charge is 0.508 e. The van der Waals surface area contributed by atoms with Crippen molar-refractivity contribution >= 4 is 0 Å². The van der Waals surface area contributed by atoms with Crippen molar-refractivity contribution in [3.63, 3.8) is 0 Å². The second-order valence-electron chi connectivity index (χ2n) is 5.34. The van der Waals surface area contributed by atoms with Gasteiger partial charge in [-0.2, -0.15) is 0 Å². The molecule has 0 amide bonds. The molecule has 1 unspecified atom stereocenters. The summed E-state index contributed by atoms with van der Waals surface area (Å²) in [4.78, 5) is 0. The molecule has 1 atom stereocenters. The number of benzene rings is 2. The number of aryl methyl sites for hydroxylation is 1. The third-order valence-electron chi connectivity index (χ3n) is 3.65. The van der Waals surface area contributed by atoms with Gasteiger partial charge in [0.15, 0.2) is 0 Å². The van der Waals surface area contributed by atoms with Crippen molar-refractivity contribution in [1.82, 2.24) is 5.32 Å². The van der Waals surface area contributed by atoms with Gasteiger partial charge in [-0.3, -0.25) is 0 Å². The van der Waals surface area contributed by atoms with Crippen molar-refractivity contribution in [2.24, 2.45) is 0 Å². The highest BCUT2D eigenvalue weighted by molar-refractivity contribution is 5.41. The quantitative estimate of drug-likeness (QED) is 0.852. The molecule has 0 radical (unpaired) electrons. The van der Waals surface area contributed by atoms with Crippen LogP contribution < -0.4 is 10.1 Å². The Balaban J connectivity index is 1.94. The summed E-state index contributed by atoms with van der Waals surface area (Å²) in [7, 11) is 1.63. The van der Waals surface area contributed by atoms with E-state index in [1.807, 2.05) is 13.0 Å². The van der Waals surface area contributed by atoms with Crippen LogP contribution in [0.4, 0.5) is 0 Å². The van der Waals surface area contributed by atoms with E-state index in [9.17, 15) is 5.11 Å². The molecule has 0 spiro atoms. The molecule has 0 aliphatic rings. The van der Waals surface area contributed by atoms with Crippen molar-refractivity contribution < 1.29 is 9.84 Å². The monoisotopic (exact) mass is 285 g/mol. The van der Waals surface area contributed by atoms with Gasteiger partial charge in [0.05, 0.1) is 7.11 Å². The minimum Gasteiger partial charge on any atom is -0.508 e. The normalized spacial score (nSPS) is 12.1. The summed E-state index contributed by atoms with van der Waals surface area (Å²) in [5, 5.41) is 13.4. The minimum absolute atomic E-state index is 0.0740. The predicted octanol–water partition coefficient (Wildman–Crippen LogP) is 3.60. The lowest BCUT2D eigenvalue weighted by atomic mass is 10.1.